The molecule has 1 aromatic rings. The molecule has 0 aromatic heterocycles. The fourth-order valence-corrected chi connectivity index (χ4v) is 2.59. The first-order chi connectivity index (χ1) is 9.20. The van der Waals surface area contributed by atoms with E-state index in [9.17, 15) is 4.79 Å². The Kier molecular flexibility index (Phi) is 4.80. The molecule has 1 atom stereocenters. The molecule has 0 radical (unpaired) electrons. The van der Waals surface area contributed by atoms with Crippen molar-refractivity contribution in [3.8, 4) is 5.75 Å². The Morgan fingerprint density at radius 1 is 1.42 bits per heavy atom. The quantitative estimate of drug-likeness (QED) is 0.769. The predicted octanol–water partition coefficient (Wildman–Crippen LogP) is 2.61. The zero-order valence-corrected chi connectivity index (χ0v) is 11.2. The third-order valence-electron chi connectivity index (χ3n) is 3.50. The smallest absolute Gasteiger partial charge is 0.303 e. The van der Waals surface area contributed by atoms with Crippen molar-refractivity contribution in [2.75, 3.05) is 20.3 Å². The van der Waals surface area contributed by atoms with Gasteiger partial charge in [0.25, 0.3) is 0 Å². The summed E-state index contributed by atoms with van der Waals surface area (Å²) in [6, 6.07) is 6.00. The number of benzene rings is 1. The van der Waals surface area contributed by atoms with Crippen LogP contribution in [0.4, 0.5) is 0 Å². The summed E-state index contributed by atoms with van der Waals surface area (Å²) < 4.78 is 10.6. The molecular weight excluding hydrogens is 244 g/mol. The lowest BCUT2D eigenvalue weighted by Gasteiger charge is -2.10. The molecule has 0 saturated carbocycles. The SMILES string of the molecule is COCCCOc1ccc2c(c1)CC[C@H]2CC(=O)O. The Morgan fingerprint density at radius 2 is 2.26 bits per heavy atom. The van der Waals surface area contributed by atoms with Crippen molar-refractivity contribution in [2.45, 2.75) is 31.6 Å². The number of methoxy groups -OCH3 is 1. The fraction of sp³-hybridized carbons (Fsp3) is 0.533. The highest BCUT2D eigenvalue weighted by molar-refractivity contribution is 5.68. The molecule has 104 valence electrons. The number of ether oxygens (including phenoxy) is 2. The summed E-state index contributed by atoms with van der Waals surface area (Å²) in [4.78, 5) is 10.8. The van der Waals surface area contributed by atoms with Crippen LogP contribution < -0.4 is 4.74 Å². The van der Waals surface area contributed by atoms with E-state index in [1.54, 1.807) is 7.11 Å². The van der Waals surface area contributed by atoms with E-state index in [0.29, 0.717) is 13.2 Å². The van der Waals surface area contributed by atoms with Crippen LogP contribution in [0.3, 0.4) is 0 Å². The summed E-state index contributed by atoms with van der Waals surface area (Å²) >= 11 is 0. The minimum Gasteiger partial charge on any atom is -0.493 e. The lowest BCUT2D eigenvalue weighted by molar-refractivity contribution is -0.137. The Labute approximate surface area is 113 Å². The van der Waals surface area contributed by atoms with Crippen molar-refractivity contribution in [1.82, 2.24) is 0 Å². The standard InChI is InChI=1S/C15H20O4/c1-18-7-2-8-19-13-5-6-14-11(9-13)3-4-12(14)10-15(16)17/h5-6,9,12H,2-4,7-8,10H2,1H3,(H,16,17)/t12-/m0/s1. The topological polar surface area (TPSA) is 55.8 Å². The number of fused-ring (bicyclic) bond motifs is 1. The first-order valence-corrected chi connectivity index (χ1v) is 6.67. The highest BCUT2D eigenvalue weighted by atomic mass is 16.5. The summed E-state index contributed by atoms with van der Waals surface area (Å²) in [7, 11) is 1.68. The van der Waals surface area contributed by atoms with Crippen LogP contribution in [0.25, 0.3) is 0 Å². The lowest BCUT2D eigenvalue weighted by atomic mass is 9.98. The van der Waals surface area contributed by atoms with Crippen molar-refractivity contribution < 1.29 is 19.4 Å². The number of carbonyl (C=O) groups is 1. The molecule has 19 heavy (non-hydrogen) atoms. The van der Waals surface area contributed by atoms with Crippen molar-refractivity contribution in [3.63, 3.8) is 0 Å². The highest BCUT2D eigenvalue weighted by Gasteiger charge is 2.24. The molecule has 1 aliphatic rings. The number of aryl methyl sites for hydroxylation is 1. The number of hydrogen-bond donors (Lipinski definition) is 1. The molecule has 4 nitrogen and oxygen atoms in total. The number of rotatable bonds is 7. The van der Waals surface area contributed by atoms with Gasteiger partial charge in [0.1, 0.15) is 5.75 Å². The Morgan fingerprint density at radius 3 is 3.00 bits per heavy atom. The Bertz CT molecular complexity index is 442. The van der Waals surface area contributed by atoms with Crippen LogP contribution >= 0.6 is 0 Å². The van der Waals surface area contributed by atoms with E-state index in [2.05, 4.69) is 0 Å². The fourth-order valence-electron chi connectivity index (χ4n) is 2.59. The minimum atomic E-state index is -0.724. The molecule has 0 unspecified atom stereocenters. The van der Waals surface area contributed by atoms with Crippen LogP contribution in [0.15, 0.2) is 18.2 Å². The van der Waals surface area contributed by atoms with E-state index in [-0.39, 0.29) is 12.3 Å². The van der Waals surface area contributed by atoms with Gasteiger partial charge >= 0.3 is 5.97 Å². The maximum Gasteiger partial charge on any atom is 0.303 e. The molecule has 1 aliphatic carbocycles. The van der Waals surface area contributed by atoms with Crippen molar-refractivity contribution in [1.29, 1.82) is 0 Å². The largest absolute Gasteiger partial charge is 0.493 e. The van der Waals surface area contributed by atoms with Gasteiger partial charge in [-0.3, -0.25) is 4.79 Å². The van der Waals surface area contributed by atoms with Crippen molar-refractivity contribution >= 4 is 5.97 Å². The molecule has 0 spiro atoms. The van der Waals surface area contributed by atoms with Crippen LogP contribution in [-0.2, 0) is 16.0 Å². The average molecular weight is 264 g/mol. The molecular formula is C15H20O4. The maximum atomic E-state index is 10.8. The van der Waals surface area contributed by atoms with Gasteiger partial charge in [-0.1, -0.05) is 6.07 Å². The highest BCUT2D eigenvalue weighted by Crippen LogP contribution is 2.37. The van der Waals surface area contributed by atoms with E-state index in [1.807, 2.05) is 18.2 Å². The van der Waals surface area contributed by atoms with Gasteiger partial charge in [-0.15, -0.1) is 0 Å². The lowest BCUT2D eigenvalue weighted by Crippen LogP contribution is -2.03. The Balaban J connectivity index is 1.95. The van der Waals surface area contributed by atoms with Crippen molar-refractivity contribution in [3.05, 3.63) is 29.3 Å². The van der Waals surface area contributed by atoms with E-state index < -0.39 is 5.97 Å². The second kappa shape index (κ2) is 6.57. The third kappa shape index (κ3) is 3.70. The van der Waals surface area contributed by atoms with Crippen LogP contribution in [0, 0.1) is 0 Å². The van der Waals surface area contributed by atoms with E-state index >= 15 is 0 Å². The molecule has 4 heteroatoms. The molecule has 0 heterocycles. The maximum absolute atomic E-state index is 10.8. The zero-order chi connectivity index (χ0) is 13.7. The van der Waals surface area contributed by atoms with Crippen LogP contribution in [0.2, 0.25) is 0 Å². The van der Waals surface area contributed by atoms with Gasteiger partial charge in [0.2, 0.25) is 0 Å². The third-order valence-corrected chi connectivity index (χ3v) is 3.50. The zero-order valence-electron chi connectivity index (χ0n) is 11.2. The number of hydrogen-bond acceptors (Lipinski definition) is 3. The summed E-state index contributed by atoms with van der Waals surface area (Å²) in [5.41, 5.74) is 2.40. The number of carboxylic acids is 1. The van der Waals surface area contributed by atoms with Crippen LogP contribution in [0.1, 0.15) is 36.3 Å². The second-order valence-electron chi connectivity index (χ2n) is 4.89. The molecule has 0 bridgehead atoms. The van der Waals surface area contributed by atoms with Gasteiger partial charge in [0, 0.05) is 20.1 Å². The summed E-state index contributed by atoms with van der Waals surface area (Å²) in [5, 5.41) is 8.88. The minimum absolute atomic E-state index is 0.162. The summed E-state index contributed by atoms with van der Waals surface area (Å²) in [6.07, 6.45) is 2.97. The summed E-state index contributed by atoms with van der Waals surface area (Å²) in [5.74, 6) is 0.304. The molecule has 1 aromatic carbocycles. The van der Waals surface area contributed by atoms with Crippen molar-refractivity contribution in [2.24, 2.45) is 0 Å². The predicted molar refractivity (Wildman–Crippen MR) is 71.7 cm³/mol. The average Bonchev–Trinajstić information content (AvgIpc) is 2.77. The first-order valence-electron chi connectivity index (χ1n) is 6.67. The van der Waals surface area contributed by atoms with Gasteiger partial charge < -0.3 is 14.6 Å². The summed E-state index contributed by atoms with van der Waals surface area (Å²) in [6.45, 7) is 1.34. The van der Waals surface area contributed by atoms with Gasteiger partial charge in [-0.25, -0.2) is 0 Å². The van der Waals surface area contributed by atoms with Crippen LogP contribution in [0.5, 0.6) is 5.75 Å². The molecule has 2 rings (SSSR count). The monoisotopic (exact) mass is 264 g/mol. The number of carboxylic acid groups (broad SMARTS) is 1. The molecule has 0 saturated heterocycles. The normalized spacial score (nSPS) is 17.2. The van der Waals surface area contributed by atoms with Gasteiger partial charge in [0.05, 0.1) is 13.0 Å². The number of aliphatic carboxylic acids is 1. The van der Waals surface area contributed by atoms with Gasteiger partial charge in [-0.2, -0.15) is 0 Å². The van der Waals surface area contributed by atoms with Crippen LogP contribution in [-0.4, -0.2) is 31.4 Å². The second-order valence-corrected chi connectivity index (χ2v) is 4.89. The first kappa shape index (κ1) is 13.9. The Hall–Kier alpha value is -1.55. The molecule has 0 fully saturated rings. The van der Waals surface area contributed by atoms with E-state index in [1.165, 1.54) is 11.1 Å². The van der Waals surface area contributed by atoms with E-state index in [4.69, 9.17) is 14.6 Å². The molecule has 0 amide bonds. The van der Waals surface area contributed by atoms with E-state index in [0.717, 1.165) is 25.0 Å². The van der Waals surface area contributed by atoms with Gasteiger partial charge in [0.15, 0.2) is 0 Å². The molecule has 1 N–H and O–H groups in total. The molecule has 0 aliphatic heterocycles. The van der Waals surface area contributed by atoms with Gasteiger partial charge in [-0.05, 0) is 42.0 Å².